The van der Waals surface area contributed by atoms with Crippen molar-refractivity contribution in [2.24, 2.45) is 0 Å². The number of benzene rings is 1. The molecular weight excluding hydrogens is 227 g/mol. The molecule has 2 aliphatic heterocycles. The molecule has 0 aliphatic carbocycles. The summed E-state index contributed by atoms with van der Waals surface area (Å²) in [6.45, 7) is 4.48. The smallest absolute Gasteiger partial charge is 0.147 e. The van der Waals surface area contributed by atoms with Crippen molar-refractivity contribution in [2.75, 3.05) is 31.1 Å². The molecule has 1 aromatic carbocycles. The van der Waals surface area contributed by atoms with Crippen molar-refractivity contribution in [3.8, 4) is 0 Å². The Morgan fingerprint density at radius 1 is 1.11 bits per heavy atom. The fraction of sp³-hybridized carbons (Fsp3) is 0.600. The van der Waals surface area contributed by atoms with Gasteiger partial charge in [-0.05, 0) is 57.0 Å². The van der Waals surface area contributed by atoms with Gasteiger partial charge in [-0.1, -0.05) is 6.07 Å². The summed E-state index contributed by atoms with van der Waals surface area (Å²) < 4.78 is 13.7. The maximum Gasteiger partial charge on any atom is 0.147 e. The second-order valence-corrected chi connectivity index (χ2v) is 5.34. The summed E-state index contributed by atoms with van der Waals surface area (Å²) in [5, 5.41) is 0. The number of piperidine rings is 1. The average Bonchev–Trinajstić information content (AvgIpc) is 2.94. The van der Waals surface area contributed by atoms with Gasteiger partial charge in [0.2, 0.25) is 0 Å². The SMILES string of the molecule is Fc1c[c]ccc1N1CCC(N2CCCC2)CC1. The highest BCUT2D eigenvalue weighted by molar-refractivity contribution is 5.47. The van der Waals surface area contributed by atoms with Crippen LogP contribution in [0.5, 0.6) is 0 Å². The monoisotopic (exact) mass is 247 g/mol. The summed E-state index contributed by atoms with van der Waals surface area (Å²) in [4.78, 5) is 4.79. The van der Waals surface area contributed by atoms with Gasteiger partial charge < -0.3 is 9.80 Å². The zero-order chi connectivity index (χ0) is 12.4. The van der Waals surface area contributed by atoms with Crippen molar-refractivity contribution >= 4 is 5.69 Å². The van der Waals surface area contributed by atoms with Crippen molar-refractivity contribution in [1.82, 2.24) is 4.90 Å². The molecule has 2 heterocycles. The quantitative estimate of drug-likeness (QED) is 0.793. The van der Waals surface area contributed by atoms with Crippen LogP contribution in [-0.4, -0.2) is 37.1 Å². The first-order valence-electron chi connectivity index (χ1n) is 6.99. The van der Waals surface area contributed by atoms with Gasteiger partial charge in [0.1, 0.15) is 5.82 Å². The van der Waals surface area contributed by atoms with Gasteiger partial charge in [0.25, 0.3) is 0 Å². The van der Waals surface area contributed by atoms with E-state index in [0.717, 1.165) is 37.7 Å². The Kier molecular flexibility index (Phi) is 3.50. The Morgan fingerprint density at radius 3 is 2.50 bits per heavy atom. The Labute approximate surface area is 108 Å². The average molecular weight is 247 g/mol. The third-order valence-corrected chi connectivity index (χ3v) is 4.25. The molecule has 0 spiro atoms. The van der Waals surface area contributed by atoms with E-state index in [1.165, 1.54) is 32.0 Å². The van der Waals surface area contributed by atoms with E-state index in [-0.39, 0.29) is 5.82 Å². The second-order valence-electron chi connectivity index (χ2n) is 5.34. The first kappa shape index (κ1) is 12.0. The van der Waals surface area contributed by atoms with Gasteiger partial charge in [0.15, 0.2) is 0 Å². The van der Waals surface area contributed by atoms with E-state index in [9.17, 15) is 4.39 Å². The Balaban J connectivity index is 1.61. The lowest BCUT2D eigenvalue weighted by Gasteiger charge is -2.37. The summed E-state index contributed by atoms with van der Waals surface area (Å²) in [5.74, 6) is -0.142. The molecule has 1 radical (unpaired) electrons. The summed E-state index contributed by atoms with van der Waals surface area (Å²) in [5.41, 5.74) is 0.744. The van der Waals surface area contributed by atoms with Crippen LogP contribution in [0.25, 0.3) is 0 Å². The lowest BCUT2D eigenvalue weighted by atomic mass is 10.0. The molecule has 97 valence electrons. The predicted molar refractivity (Wildman–Crippen MR) is 71.3 cm³/mol. The maximum atomic E-state index is 13.7. The first-order valence-corrected chi connectivity index (χ1v) is 6.99. The third-order valence-electron chi connectivity index (χ3n) is 4.25. The molecule has 2 fully saturated rings. The molecule has 2 saturated heterocycles. The van der Waals surface area contributed by atoms with Gasteiger partial charge in [-0.15, -0.1) is 0 Å². The predicted octanol–water partition coefficient (Wildman–Crippen LogP) is 2.69. The fourth-order valence-electron chi connectivity index (χ4n) is 3.24. The van der Waals surface area contributed by atoms with Crippen LogP contribution in [0.15, 0.2) is 18.2 Å². The van der Waals surface area contributed by atoms with Crippen LogP contribution in [0, 0.1) is 11.9 Å². The number of hydrogen-bond donors (Lipinski definition) is 0. The van der Waals surface area contributed by atoms with Crippen molar-refractivity contribution in [1.29, 1.82) is 0 Å². The van der Waals surface area contributed by atoms with Gasteiger partial charge in [-0.3, -0.25) is 0 Å². The lowest BCUT2D eigenvalue weighted by Crippen LogP contribution is -2.44. The molecule has 0 saturated carbocycles. The largest absolute Gasteiger partial charge is 0.369 e. The highest BCUT2D eigenvalue weighted by Gasteiger charge is 2.27. The number of rotatable bonds is 2. The Bertz CT molecular complexity index is 393. The van der Waals surface area contributed by atoms with E-state index < -0.39 is 0 Å². The van der Waals surface area contributed by atoms with E-state index in [1.807, 2.05) is 6.07 Å². The molecule has 1 aromatic rings. The Hall–Kier alpha value is -1.09. The van der Waals surface area contributed by atoms with Crippen LogP contribution in [-0.2, 0) is 0 Å². The van der Waals surface area contributed by atoms with Crippen LogP contribution < -0.4 is 4.90 Å². The number of likely N-dealkylation sites (tertiary alicyclic amines) is 1. The molecule has 3 heteroatoms. The number of hydrogen-bond acceptors (Lipinski definition) is 2. The number of halogens is 1. The minimum atomic E-state index is -0.142. The Morgan fingerprint density at radius 2 is 1.83 bits per heavy atom. The zero-order valence-electron chi connectivity index (χ0n) is 10.7. The third kappa shape index (κ3) is 2.37. The van der Waals surface area contributed by atoms with Gasteiger partial charge in [0.05, 0.1) is 5.69 Å². The summed E-state index contributed by atoms with van der Waals surface area (Å²) >= 11 is 0. The molecule has 0 unspecified atom stereocenters. The van der Waals surface area contributed by atoms with Crippen LogP contribution in [0.4, 0.5) is 10.1 Å². The first-order chi connectivity index (χ1) is 8.84. The van der Waals surface area contributed by atoms with Gasteiger partial charge in [0, 0.05) is 19.1 Å². The molecule has 0 aromatic heterocycles. The number of anilines is 1. The molecule has 0 bridgehead atoms. The summed E-state index contributed by atoms with van der Waals surface area (Å²) in [7, 11) is 0. The van der Waals surface area contributed by atoms with Crippen molar-refractivity contribution in [2.45, 2.75) is 31.7 Å². The van der Waals surface area contributed by atoms with Crippen LogP contribution in [0.3, 0.4) is 0 Å². The van der Waals surface area contributed by atoms with Crippen LogP contribution in [0.1, 0.15) is 25.7 Å². The lowest BCUT2D eigenvalue weighted by molar-refractivity contribution is 0.207. The minimum absolute atomic E-state index is 0.142. The van der Waals surface area contributed by atoms with E-state index in [2.05, 4.69) is 15.9 Å². The van der Waals surface area contributed by atoms with Crippen LogP contribution in [0.2, 0.25) is 0 Å². The standard InChI is InChI=1S/C15H20FN2/c16-14-5-1-2-6-15(14)18-11-7-13(8-12-18)17-9-3-4-10-17/h2,5-6,13H,3-4,7-12H2. The van der Waals surface area contributed by atoms with Gasteiger partial charge >= 0.3 is 0 Å². The van der Waals surface area contributed by atoms with E-state index in [4.69, 9.17) is 0 Å². The van der Waals surface area contributed by atoms with Crippen molar-refractivity contribution in [3.05, 3.63) is 30.1 Å². The fourth-order valence-corrected chi connectivity index (χ4v) is 3.24. The summed E-state index contributed by atoms with van der Waals surface area (Å²) in [6.07, 6.45) is 5.03. The molecule has 0 amide bonds. The maximum absolute atomic E-state index is 13.7. The normalized spacial score (nSPS) is 22.6. The van der Waals surface area contributed by atoms with Gasteiger partial charge in [-0.25, -0.2) is 4.39 Å². The molecule has 3 rings (SSSR count). The van der Waals surface area contributed by atoms with Crippen molar-refractivity contribution in [3.63, 3.8) is 0 Å². The van der Waals surface area contributed by atoms with Gasteiger partial charge in [-0.2, -0.15) is 0 Å². The van der Waals surface area contributed by atoms with E-state index >= 15 is 0 Å². The van der Waals surface area contributed by atoms with E-state index in [0.29, 0.717) is 0 Å². The molecule has 2 nitrogen and oxygen atoms in total. The van der Waals surface area contributed by atoms with Crippen LogP contribution >= 0.6 is 0 Å². The molecule has 0 N–H and O–H groups in total. The molecule has 0 atom stereocenters. The van der Waals surface area contributed by atoms with E-state index in [1.54, 1.807) is 6.07 Å². The topological polar surface area (TPSA) is 6.48 Å². The molecular formula is C15H20FN2. The molecule has 18 heavy (non-hydrogen) atoms. The second kappa shape index (κ2) is 5.27. The summed E-state index contributed by atoms with van der Waals surface area (Å²) in [6, 6.07) is 8.58. The highest BCUT2D eigenvalue weighted by atomic mass is 19.1. The highest BCUT2D eigenvalue weighted by Crippen LogP contribution is 2.26. The van der Waals surface area contributed by atoms with Crippen molar-refractivity contribution < 1.29 is 4.39 Å². The number of nitrogens with zero attached hydrogens (tertiary/aromatic N) is 2. The molecule has 2 aliphatic rings. The zero-order valence-corrected chi connectivity index (χ0v) is 10.7. The minimum Gasteiger partial charge on any atom is -0.369 e.